The van der Waals surface area contributed by atoms with Crippen LogP contribution < -0.4 is 5.32 Å². The van der Waals surface area contributed by atoms with Crippen molar-refractivity contribution in [2.75, 3.05) is 0 Å². The van der Waals surface area contributed by atoms with Crippen molar-refractivity contribution in [3.05, 3.63) is 35.1 Å². The van der Waals surface area contributed by atoms with Crippen LogP contribution in [0, 0.1) is 11.7 Å². The van der Waals surface area contributed by atoms with Gasteiger partial charge in [0.1, 0.15) is 5.82 Å². The highest BCUT2D eigenvalue weighted by Gasteiger charge is 2.36. The van der Waals surface area contributed by atoms with Crippen molar-refractivity contribution in [2.45, 2.75) is 38.3 Å². The maximum atomic E-state index is 13.5. The minimum atomic E-state index is -0.0272. The van der Waals surface area contributed by atoms with Crippen LogP contribution in [0.25, 0.3) is 0 Å². The lowest BCUT2D eigenvalue weighted by atomic mass is 10.1. The molecule has 1 N–H and O–H groups in total. The monoisotopic (exact) mass is 205 g/mol. The molecule has 2 aliphatic carbocycles. The predicted octanol–water partition coefficient (Wildman–Crippen LogP) is 2.81. The molecule has 0 saturated heterocycles. The van der Waals surface area contributed by atoms with Gasteiger partial charge in [0.15, 0.2) is 0 Å². The SMILES string of the molecule is CC1CC1NC1CCc2c(F)cccc21. The molecule has 1 nitrogen and oxygen atoms in total. The van der Waals surface area contributed by atoms with Gasteiger partial charge in [-0.25, -0.2) is 4.39 Å². The van der Waals surface area contributed by atoms with E-state index < -0.39 is 0 Å². The van der Waals surface area contributed by atoms with E-state index in [1.165, 1.54) is 12.0 Å². The summed E-state index contributed by atoms with van der Waals surface area (Å²) in [6.07, 6.45) is 3.22. The smallest absolute Gasteiger partial charge is 0.126 e. The van der Waals surface area contributed by atoms with Crippen molar-refractivity contribution in [1.29, 1.82) is 0 Å². The van der Waals surface area contributed by atoms with Crippen molar-refractivity contribution < 1.29 is 4.39 Å². The Morgan fingerprint density at radius 1 is 1.40 bits per heavy atom. The van der Waals surface area contributed by atoms with Crippen molar-refractivity contribution >= 4 is 0 Å². The molecular weight excluding hydrogens is 189 g/mol. The Labute approximate surface area is 89.7 Å². The third-order valence-electron chi connectivity index (χ3n) is 3.74. The standard InChI is InChI=1S/C13H16FN/c1-8-7-13(8)15-12-6-5-9-10(12)3-2-4-11(9)14/h2-4,8,12-13,15H,5-7H2,1H3. The maximum Gasteiger partial charge on any atom is 0.126 e. The molecule has 2 heteroatoms. The van der Waals surface area contributed by atoms with Gasteiger partial charge >= 0.3 is 0 Å². The van der Waals surface area contributed by atoms with Gasteiger partial charge in [0.05, 0.1) is 0 Å². The quantitative estimate of drug-likeness (QED) is 0.782. The van der Waals surface area contributed by atoms with E-state index in [-0.39, 0.29) is 5.82 Å². The van der Waals surface area contributed by atoms with Gasteiger partial charge in [0.2, 0.25) is 0 Å². The third kappa shape index (κ3) is 1.57. The molecule has 1 aromatic rings. The van der Waals surface area contributed by atoms with Crippen LogP contribution in [0.15, 0.2) is 18.2 Å². The van der Waals surface area contributed by atoms with E-state index in [9.17, 15) is 4.39 Å². The second-order valence-electron chi connectivity index (χ2n) is 4.89. The number of hydrogen-bond acceptors (Lipinski definition) is 1. The summed E-state index contributed by atoms with van der Waals surface area (Å²) in [5.41, 5.74) is 2.12. The predicted molar refractivity (Wildman–Crippen MR) is 58.2 cm³/mol. The molecule has 3 rings (SSSR count). The first-order valence-electron chi connectivity index (χ1n) is 5.79. The van der Waals surface area contributed by atoms with Gasteiger partial charge in [-0.3, -0.25) is 0 Å². The van der Waals surface area contributed by atoms with Crippen LogP contribution in [-0.4, -0.2) is 6.04 Å². The number of hydrogen-bond donors (Lipinski definition) is 1. The van der Waals surface area contributed by atoms with Gasteiger partial charge in [0, 0.05) is 12.1 Å². The van der Waals surface area contributed by atoms with Crippen molar-refractivity contribution in [3.63, 3.8) is 0 Å². The Kier molecular flexibility index (Phi) is 2.06. The lowest BCUT2D eigenvalue weighted by molar-refractivity contribution is 0.513. The largest absolute Gasteiger partial charge is 0.307 e. The fourth-order valence-corrected chi connectivity index (χ4v) is 2.60. The molecule has 0 amide bonds. The molecule has 0 radical (unpaired) electrons. The zero-order valence-electron chi connectivity index (χ0n) is 8.96. The molecule has 3 unspecified atom stereocenters. The van der Waals surface area contributed by atoms with Crippen molar-refractivity contribution in [1.82, 2.24) is 5.32 Å². The fraction of sp³-hybridized carbons (Fsp3) is 0.538. The average molecular weight is 205 g/mol. The Bertz CT molecular complexity index is 388. The number of fused-ring (bicyclic) bond motifs is 1. The first-order valence-corrected chi connectivity index (χ1v) is 5.79. The van der Waals surface area contributed by atoms with Crippen LogP contribution in [0.3, 0.4) is 0 Å². The molecule has 0 aliphatic heterocycles. The van der Waals surface area contributed by atoms with E-state index in [4.69, 9.17) is 0 Å². The van der Waals surface area contributed by atoms with Crippen LogP contribution in [0.4, 0.5) is 4.39 Å². The number of benzene rings is 1. The van der Waals surface area contributed by atoms with Gasteiger partial charge in [0.25, 0.3) is 0 Å². The lowest BCUT2D eigenvalue weighted by Gasteiger charge is -2.13. The Balaban J connectivity index is 1.82. The minimum absolute atomic E-state index is 0.0272. The maximum absolute atomic E-state index is 13.5. The summed E-state index contributed by atoms with van der Waals surface area (Å²) in [4.78, 5) is 0. The molecule has 0 spiro atoms. The first kappa shape index (κ1) is 9.34. The number of rotatable bonds is 2. The Morgan fingerprint density at radius 2 is 2.20 bits per heavy atom. The molecule has 3 atom stereocenters. The van der Waals surface area contributed by atoms with Crippen molar-refractivity contribution in [3.8, 4) is 0 Å². The summed E-state index contributed by atoms with van der Waals surface area (Å²) in [6, 6.07) is 6.52. The lowest BCUT2D eigenvalue weighted by Crippen LogP contribution is -2.22. The summed E-state index contributed by atoms with van der Waals surface area (Å²) in [6.45, 7) is 2.26. The fourth-order valence-electron chi connectivity index (χ4n) is 2.60. The van der Waals surface area contributed by atoms with E-state index in [1.807, 2.05) is 6.07 Å². The average Bonchev–Trinajstić information content (AvgIpc) is 2.75. The van der Waals surface area contributed by atoms with Crippen molar-refractivity contribution in [2.24, 2.45) is 5.92 Å². The van der Waals surface area contributed by atoms with E-state index in [2.05, 4.69) is 18.3 Å². The summed E-state index contributed by atoms with van der Waals surface area (Å²) < 4.78 is 13.5. The first-order chi connectivity index (χ1) is 7.25. The summed E-state index contributed by atoms with van der Waals surface area (Å²) in [7, 11) is 0. The van der Waals surface area contributed by atoms with Gasteiger partial charge in [-0.2, -0.15) is 0 Å². The molecule has 0 heterocycles. The highest BCUT2D eigenvalue weighted by molar-refractivity contribution is 5.35. The normalized spacial score (nSPS) is 32.8. The molecule has 0 aromatic heterocycles. The second kappa shape index (κ2) is 3.31. The van der Waals surface area contributed by atoms with E-state index in [1.54, 1.807) is 6.07 Å². The second-order valence-corrected chi connectivity index (χ2v) is 4.89. The zero-order valence-corrected chi connectivity index (χ0v) is 8.96. The van der Waals surface area contributed by atoms with Crippen LogP contribution in [0.2, 0.25) is 0 Å². The summed E-state index contributed by atoms with van der Waals surface area (Å²) in [5.74, 6) is 0.781. The van der Waals surface area contributed by atoms with Crippen LogP contribution in [0.1, 0.15) is 36.9 Å². The molecule has 1 fully saturated rings. The molecule has 0 bridgehead atoms. The molecule has 1 aromatic carbocycles. The van der Waals surface area contributed by atoms with Crippen LogP contribution in [0.5, 0.6) is 0 Å². The summed E-state index contributed by atoms with van der Waals surface area (Å²) in [5, 5.41) is 3.62. The van der Waals surface area contributed by atoms with E-state index >= 15 is 0 Å². The van der Waals surface area contributed by atoms with Gasteiger partial charge in [-0.1, -0.05) is 19.1 Å². The zero-order chi connectivity index (χ0) is 10.4. The van der Waals surface area contributed by atoms with Gasteiger partial charge in [-0.15, -0.1) is 0 Å². The molecule has 1 saturated carbocycles. The highest BCUT2D eigenvalue weighted by atomic mass is 19.1. The van der Waals surface area contributed by atoms with Gasteiger partial charge in [-0.05, 0) is 42.4 Å². The highest BCUT2D eigenvalue weighted by Crippen LogP contribution is 2.37. The topological polar surface area (TPSA) is 12.0 Å². The minimum Gasteiger partial charge on any atom is -0.307 e. The number of halogens is 1. The van der Waals surface area contributed by atoms with Crippen LogP contribution >= 0.6 is 0 Å². The van der Waals surface area contributed by atoms with Crippen LogP contribution in [-0.2, 0) is 6.42 Å². The molecule has 80 valence electrons. The molecular formula is C13H16FN. The van der Waals surface area contributed by atoms with E-state index in [0.717, 1.165) is 24.3 Å². The molecule has 15 heavy (non-hydrogen) atoms. The Hall–Kier alpha value is -0.890. The van der Waals surface area contributed by atoms with Gasteiger partial charge < -0.3 is 5.32 Å². The Morgan fingerprint density at radius 3 is 2.93 bits per heavy atom. The summed E-state index contributed by atoms with van der Waals surface area (Å²) >= 11 is 0. The number of nitrogens with one attached hydrogen (secondary N) is 1. The van der Waals surface area contributed by atoms with E-state index in [0.29, 0.717) is 12.1 Å². The molecule has 2 aliphatic rings. The third-order valence-corrected chi connectivity index (χ3v) is 3.74.